The van der Waals surface area contributed by atoms with E-state index in [1.165, 1.54) is 12.1 Å². The Labute approximate surface area is 243 Å². The van der Waals surface area contributed by atoms with Crippen LogP contribution in [0.4, 0.5) is 4.39 Å². The summed E-state index contributed by atoms with van der Waals surface area (Å²) in [4.78, 5) is 16.3. The molecule has 0 aliphatic rings. The molecule has 0 saturated carbocycles. The monoisotopic (exact) mass is 554 g/mol. The lowest BCUT2D eigenvalue weighted by Gasteiger charge is -2.13. The summed E-state index contributed by atoms with van der Waals surface area (Å²) < 4.78 is 29.1. The number of carbonyl (C=O) groups excluding carboxylic acids is 1. The number of rotatable bonds is 10. The van der Waals surface area contributed by atoms with Crippen LogP contribution in [0.5, 0.6) is 11.5 Å². The van der Waals surface area contributed by atoms with Crippen molar-refractivity contribution in [3.8, 4) is 39.8 Å². The predicted octanol–water partition coefficient (Wildman–Crippen LogP) is 8.32. The Morgan fingerprint density at radius 2 is 1.21 bits per heavy atom. The van der Waals surface area contributed by atoms with Gasteiger partial charge in [0, 0.05) is 11.8 Å². The average molecular weight is 555 g/mol. The van der Waals surface area contributed by atoms with Crippen LogP contribution in [0.25, 0.3) is 28.3 Å². The first kappa shape index (κ1) is 26.7. The highest BCUT2D eigenvalue weighted by Gasteiger charge is 2.19. The van der Waals surface area contributed by atoms with Gasteiger partial charge in [-0.2, -0.15) is 0 Å². The molecule has 5 aromatic carbocycles. The minimum absolute atomic E-state index is 0.00751. The minimum Gasteiger partial charge on any atom is -0.488 e. The second-order valence-electron chi connectivity index (χ2n) is 9.68. The van der Waals surface area contributed by atoms with Gasteiger partial charge in [-0.25, -0.2) is 9.37 Å². The topological polar surface area (TPSA) is 53.4 Å². The van der Waals surface area contributed by atoms with Gasteiger partial charge in [0.2, 0.25) is 0 Å². The highest BCUT2D eigenvalue weighted by Crippen LogP contribution is 2.37. The number of imidazole rings is 1. The maximum Gasteiger partial charge on any atom is 0.152 e. The average Bonchev–Trinajstić information content (AvgIpc) is 3.49. The number of benzene rings is 5. The van der Waals surface area contributed by atoms with Gasteiger partial charge in [-0.15, -0.1) is 0 Å². The third-order valence-electron chi connectivity index (χ3n) is 6.86. The van der Waals surface area contributed by atoms with Gasteiger partial charge >= 0.3 is 0 Å². The molecule has 5 nitrogen and oxygen atoms in total. The Morgan fingerprint density at radius 1 is 0.667 bits per heavy atom. The Hall–Kier alpha value is -5.49. The Morgan fingerprint density at radius 3 is 1.81 bits per heavy atom. The summed E-state index contributed by atoms with van der Waals surface area (Å²) in [7, 11) is 0. The largest absolute Gasteiger partial charge is 0.488 e. The van der Waals surface area contributed by atoms with Crippen molar-refractivity contribution in [2.24, 2.45) is 0 Å². The van der Waals surface area contributed by atoms with Crippen LogP contribution in [0.2, 0.25) is 0 Å². The van der Waals surface area contributed by atoms with Gasteiger partial charge in [0.15, 0.2) is 6.29 Å². The maximum absolute atomic E-state index is 14.8. The fraction of sp³-hybridized carbons (Fsp3) is 0.0556. The van der Waals surface area contributed by atoms with E-state index in [1.54, 1.807) is 6.07 Å². The summed E-state index contributed by atoms with van der Waals surface area (Å²) >= 11 is 0. The van der Waals surface area contributed by atoms with Crippen LogP contribution in [0.3, 0.4) is 0 Å². The van der Waals surface area contributed by atoms with Crippen molar-refractivity contribution < 1.29 is 18.7 Å². The Kier molecular flexibility index (Phi) is 7.86. The first-order chi connectivity index (χ1) is 20.7. The molecule has 1 aromatic heterocycles. The molecule has 0 spiro atoms. The lowest BCUT2D eigenvalue weighted by molar-refractivity contribution is 0.112. The molecule has 0 aliphatic carbocycles. The number of aromatic nitrogens is 2. The van der Waals surface area contributed by atoms with Crippen molar-refractivity contribution in [3.63, 3.8) is 0 Å². The number of hydrogen-bond donors (Lipinski definition) is 0. The maximum atomic E-state index is 14.8. The van der Waals surface area contributed by atoms with Gasteiger partial charge in [0.05, 0.1) is 22.5 Å². The molecule has 42 heavy (non-hydrogen) atoms. The first-order valence-electron chi connectivity index (χ1n) is 13.6. The van der Waals surface area contributed by atoms with Gasteiger partial charge in [-0.1, -0.05) is 84.9 Å². The second kappa shape index (κ2) is 12.4. The molecule has 0 N–H and O–H groups in total. The molecule has 0 bridgehead atoms. The van der Waals surface area contributed by atoms with Crippen LogP contribution in [0, 0.1) is 5.82 Å². The smallest absolute Gasteiger partial charge is 0.152 e. The highest BCUT2D eigenvalue weighted by molar-refractivity contribution is 5.77. The van der Waals surface area contributed by atoms with Gasteiger partial charge in [-0.05, 0) is 53.6 Å². The molecule has 0 saturated heterocycles. The van der Waals surface area contributed by atoms with Crippen LogP contribution in [0.15, 0.2) is 134 Å². The quantitative estimate of drug-likeness (QED) is 0.160. The summed E-state index contributed by atoms with van der Waals surface area (Å²) in [5.41, 5.74) is 4.77. The SMILES string of the molecule is O=Cc1ccc(-n2cc(-c3ccccc3OCc3ccccc3)nc2-c2ccccc2OCc2ccccc2)cc1F. The van der Waals surface area contributed by atoms with Gasteiger partial charge < -0.3 is 9.47 Å². The van der Waals surface area contributed by atoms with Gasteiger partial charge in [-0.3, -0.25) is 9.36 Å². The third-order valence-corrected chi connectivity index (χ3v) is 6.86. The molecular formula is C36H27FN2O3. The van der Waals surface area contributed by atoms with E-state index in [1.807, 2.05) is 120 Å². The third kappa shape index (κ3) is 5.83. The van der Waals surface area contributed by atoms with E-state index in [4.69, 9.17) is 14.5 Å². The van der Waals surface area contributed by atoms with Crippen molar-refractivity contribution in [1.29, 1.82) is 0 Å². The fourth-order valence-corrected chi connectivity index (χ4v) is 4.71. The number of halogens is 1. The summed E-state index contributed by atoms with van der Waals surface area (Å²) in [6.07, 6.45) is 2.36. The zero-order chi connectivity index (χ0) is 28.7. The molecule has 0 amide bonds. The van der Waals surface area contributed by atoms with Crippen LogP contribution < -0.4 is 9.47 Å². The van der Waals surface area contributed by atoms with Crippen molar-refractivity contribution >= 4 is 6.29 Å². The van der Waals surface area contributed by atoms with E-state index in [9.17, 15) is 9.18 Å². The number of aldehydes is 1. The van der Waals surface area contributed by atoms with Crippen molar-refractivity contribution in [1.82, 2.24) is 9.55 Å². The molecular weight excluding hydrogens is 527 g/mol. The lowest BCUT2D eigenvalue weighted by Crippen LogP contribution is -2.01. The number of para-hydroxylation sites is 2. The van der Waals surface area contributed by atoms with Gasteiger partial charge in [0.25, 0.3) is 0 Å². The zero-order valence-electron chi connectivity index (χ0n) is 22.7. The van der Waals surface area contributed by atoms with E-state index in [0.29, 0.717) is 48.2 Å². The molecule has 6 heteroatoms. The molecule has 206 valence electrons. The summed E-state index contributed by atoms with van der Waals surface area (Å²) in [5, 5.41) is 0. The molecule has 6 aromatic rings. The normalized spacial score (nSPS) is 10.8. The summed E-state index contributed by atoms with van der Waals surface area (Å²) in [6.45, 7) is 0.782. The molecule has 0 unspecified atom stereocenters. The molecule has 1 heterocycles. The second-order valence-corrected chi connectivity index (χ2v) is 9.68. The lowest BCUT2D eigenvalue weighted by atomic mass is 10.1. The van der Waals surface area contributed by atoms with E-state index in [-0.39, 0.29) is 5.56 Å². The van der Waals surface area contributed by atoms with Crippen LogP contribution in [-0.2, 0) is 13.2 Å². The molecule has 0 aliphatic heterocycles. The predicted molar refractivity (Wildman–Crippen MR) is 161 cm³/mol. The number of hydrogen-bond acceptors (Lipinski definition) is 4. The molecule has 0 atom stereocenters. The zero-order valence-corrected chi connectivity index (χ0v) is 22.7. The van der Waals surface area contributed by atoms with Crippen molar-refractivity contribution in [3.05, 3.63) is 156 Å². The van der Waals surface area contributed by atoms with Crippen molar-refractivity contribution in [2.75, 3.05) is 0 Å². The van der Waals surface area contributed by atoms with E-state index in [0.717, 1.165) is 22.3 Å². The molecule has 0 fully saturated rings. The highest BCUT2D eigenvalue weighted by atomic mass is 19.1. The van der Waals surface area contributed by atoms with E-state index >= 15 is 0 Å². The fourth-order valence-electron chi connectivity index (χ4n) is 4.71. The Balaban J connectivity index is 1.43. The molecule has 6 rings (SSSR count). The summed E-state index contributed by atoms with van der Waals surface area (Å²) in [5.74, 6) is 1.26. The van der Waals surface area contributed by atoms with E-state index < -0.39 is 5.82 Å². The van der Waals surface area contributed by atoms with Crippen LogP contribution in [0.1, 0.15) is 21.5 Å². The van der Waals surface area contributed by atoms with Crippen LogP contribution >= 0.6 is 0 Å². The van der Waals surface area contributed by atoms with Gasteiger partial charge in [0.1, 0.15) is 36.4 Å². The van der Waals surface area contributed by atoms with Crippen molar-refractivity contribution in [2.45, 2.75) is 13.2 Å². The Bertz CT molecular complexity index is 1820. The van der Waals surface area contributed by atoms with E-state index in [2.05, 4.69) is 0 Å². The summed E-state index contributed by atoms with van der Waals surface area (Å²) in [6, 6.07) is 39.7. The standard InChI is InChI=1S/C36H27FN2O3/c37-32-21-29(20-19-28(32)23-40)39-22-33(30-15-7-9-17-34(30)41-24-26-11-3-1-4-12-26)38-36(39)31-16-8-10-18-35(31)42-25-27-13-5-2-6-14-27/h1-23H,24-25H2. The minimum atomic E-state index is -0.607. The number of ether oxygens (including phenoxy) is 2. The molecule has 0 radical (unpaired) electrons. The first-order valence-corrected chi connectivity index (χ1v) is 13.6. The number of carbonyl (C=O) groups is 1. The number of nitrogens with zero attached hydrogens (tertiary/aromatic N) is 2. The van der Waals surface area contributed by atoms with Crippen LogP contribution in [-0.4, -0.2) is 15.8 Å².